The molecule has 1 saturated heterocycles. The Labute approximate surface area is 194 Å². The molecule has 1 aromatic heterocycles. The van der Waals surface area contributed by atoms with E-state index in [1.165, 1.54) is 7.11 Å². The molecule has 0 aliphatic carbocycles. The second kappa shape index (κ2) is 11.2. The molecule has 2 heterocycles. The molecule has 0 radical (unpaired) electrons. The number of hydrogen-bond acceptors (Lipinski definition) is 6. The molecule has 0 unspecified atom stereocenters. The molecular weight excluding hydrogens is 424 g/mol. The molecule has 1 fully saturated rings. The fraction of sp³-hybridized carbons (Fsp3) is 0.538. The van der Waals surface area contributed by atoms with Crippen LogP contribution in [0.3, 0.4) is 0 Å². The summed E-state index contributed by atoms with van der Waals surface area (Å²) in [4.78, 5) is 25.3. The smallest absolute Gasteiger partial charge is 0.305 e. The molecule has 0 spiro atoms. The predicted molar refractivity (Wildman–Crippen MR) is 129 cm³/mol. The number of ether oxygens (including phenoxy) is 3. The average molecular weight is 459 g/mol. The van der Waals surface area contributed by atoms with Crippen LogP contribution in [0.4, 0.5) is 0 Å². The quantitative estimate of drug-likeness (QED) is 0.217. The Bertz CT molecular complexity index is 958. The van der Waals surface area contributed by atoms with E-state index in [0.29, 0.717) is 25.7 Å². The van der Waals surface area contributed by atoms with Gasteiger partial charge in [0.25, 0.3) is 0 Å². The maximum atomic E-state index is 13.0. The first-order chi connectivity index (χ1) is 15.3. The highest BCUT2D eigenvalue weighted by atomic mass is 32.1. The van der Waals surface area contributed by atoms with Gasteiger partial charge in [-0.25, -0.2) is 0 Å². The molecule has 1 aliphatic rings. The van der Waals surface area contributed by atoms with Crippen molar-refractivity contribution < 1.29 is 23.8 Å². The van der Waals surface area contributed by atoms with E-state index < -0.39 is 5.79 Å². The van der Waals surface area contributed by atoms with E-state index in [1.807, 2.05) is 38.1 Å². The highest BCUT2D eigenvalue weighted by molar-refractivity contribution is 7.21. The van der Waals surface area contributed by atoms with Gasteiger partial charge in [0.05, 0.1) is 18.1 Å². The van der Waals surface area contributed by atoms with Crippen molar-refractivity contribution in [1.29, 1.82) is 0 Å². The molecule has 0 amide bonds. The van der Waals surface area contributed by atoms with Crippen LogP contribution >= 0.6 is 11.3 Å². The van der Waals surface area contributed by atoms with E-state index in [9.17, 15) is 9.59 Å². The molecule has 0 saturated carbocycles. The molecule has 1 aromatic carbocycles. The number of ketones is 1. The zero-order chi connectivity index (χ0) is 23.1. The van der Waals surface area contributed by atoms with Gasteiger partial charge in [-0.1, -0.05) is 50.1 Å². The second-order valence-corrected chi connectivity index (χ2v) is 9.74. The number of Topliss-reactive ketones (excluding diaryl/α,β-unsaturated/α-hetero) is 1. The first-order valence-electron chi connectivity index (χ1n) is 11.5. The van der Waals surface area contributed by atoms with E-state index in [-0.39, 0.29) is 24.0 Å². The van der Waals surface area contributed by atoms with Crippen molar-refractivity contribution in [2.75, 3.05) is 7.11 Å². The van der Waals surface area contributed by atoms with E-state index in [2.05, 4.69) is 19.1 Å². The lowest BCUT2D eigenvalue weighted by Gasteiger charge is -2.16. The van der Waals surface area contributed by atoms with Gasteiger partial charge >= 0.3 is 5.97 Å². The van der Waals surface area contributed by atoms with Crippen LogP contribution in [0.2, 0.25) is 0 Å². The summed E-state index contributed by atoms with van der Waals surface area (Å²) in [5.74, 6) is -0.704. The van der Waals surface area contributed by atoms with Crippen molar-refractivity contribution in [1.82, 2.24) is 0 Å². The van der Waals surface area contributed by atoms with Gasteiger partial charge < -0.3 is 14.2 Å². The van der Waals surface area contributed by atoms with Crippen molar-refractivity contribution in [3.05, 3.63) is 40.8 Å². The number of hydrogen-bond donors (Lipinski definition) is 0. The minimum atomic E-state index is -0.694. The first kappa shape index (κ1) is 24.6. The maximum Gasteiger partial charge on any atom is 0.305 e. The molecule has 5 nitrogen and oxygen atoms in total. The first-order valence-corrected chi connectivity index (χ1v) is 12.3. The van der Waals surface area contributed by atoms with Gasteiger partial charge in [-0.3, -0.25) is 9.59 Å². The minimum absolute atomic E-state index is 0.153. The van der Waals surface area contributed by atoms with Crippen LogP contribution in [0.15, 0.2) is 30.3 Å². The Hall–Kier alpha value is -2.02. The molecule has 2 aromatic rings. The minimum Gasteiger partial charge on any atom is -0.469 e. The van der Waals surface area contributed by atoms with Crippen LogP contribution in [0.25, 0.3) is 16.2 Å². The molecule has 0 bridgehead atoms. The Morgan fingerprint density at radius 3 is 2.66 bits per heavy atom. The Morgan fingerprint density at radius 1 is 1.12 bits per heavy atom. The van der Waals surface area contributed by atoms with Gasteiger partial charge in [0.1, 0.15) is 6.10 Å². The molecule has 0 N–H and O–H groups in total. The fourth-order valence-corrected chi connectivity index (χ4v) is 5.24. The largest absolute Gasteiger partial charge is 0.469 e. The second-order valence-electron chi connectivity index (χ2n) is 8.69. The summed E-state index contributed by atoms with van der Waals surface area (Å²) in [6.07, 6.45) is 9.02. The van der Waals surface area contributed by atoms with Crippen LogP contribution in [0.1, 0.15) is 81.0 Å². The number of carbonyl (C=O) groups excluding carboxylic acids is 2. The number of thiophene rings is 1. The third-order valence-electron chi connectivity index (χ3n) is 5.67. The number of esters is 1. The van der Waals surface area contributed by atoms with Crippen molar-refractivity contribution in [3.63, 3.8) is 0 Å². The number of rotatable bonds is 11. The van der Waals surface area contributed by atoms with Crippen molar-refractivity contribution in [2.24, 2.45) is 0 Å². The predicted octanol–water partition coefficient (Wildman–Crippen LogP) is 6.54. The third kappa shape index (κ3) is 6.27. The van der Waals surface area contributed by atoms with Gasteiger partial charge in [-0.2, -0.15) is 0 Å². The summed E-state index contributed by atoms with van der Waals surface area (Å²) in [5, 5.41) is 1.09. The third-order valence-corrected chi connectivity index (χ3v) is 6.89. The Kier molecular flexibility index (Phi) is 8.63. The molecule has 3 rings (SSSR count). The average Bonchev–Trinajstić information content (AvgIpc) is 3.28. The maximum absolute atomic E-state index is 13.0. The molecule has 174 valence electrons. The van der Waals surface area contributed by atoms with Gasteiger partial charge in [0.2, 0.25) is 0 Å². The summed E-state index contributed by atoms with van der Waals surface area (Å²) >= 11 is 1.57. The summed E-state index contributed by atoms with van der Waals surface area (Å²) in [6, 6.07) is 8.14. The molecule has 32 heavy (non-hydrogen) atoms. The summed E-state index contributed by atoms with van der Waals surface area (Å²) in [5.41, 5.74) is 0.966. The Morgan fingerprint density at radius 2 is 1.91 bits per heavy atom. The van der Waals surface area contributed by atoms with E-state index in [0.717, 1.165) is 39.8 Å². The lowest BCUT2D eigenvalue weighted by atomic mass is 10.0. The zero-order valence-electron chi connectivity index (χ0n) is 19.5. The monoisotopic (exact) mass is 458 g/mol. The summed E-state index contributed by atoms with van der Waals surface area (Å²) in [7, 11) is 1.40. The number of benzene rings is 1. The van der Waals surface area contributed by atoms with Crippen LogP contribution < -0.4 is 0 Å². The van der Waals surface area contributed by atoms with Gasteiger partial charge in [0.15, 0.2) is 11.6 Å². The SMILES string of the molecule is CCCCCC(=O)c1sc2ccccc2c1/C=C/[C@H]1OC(C)(C)O[C@H]1CCCC(=O)OC. The van der Waals surface area contributed by atoms with Crippen LogP contribution in [-0.4, -0.2) is 36.9 Å². The topological polar surface area (TPSA) is 61.8 Å². The highest BCUT2D eigenvalue weighted by Gasteiger charge is 2.39. The zero-order valence-corrected chi connectivity index (χ0v) is 20.3. The van der Waals surface area contributed by atoms with Gasteiger partial charge in [-0.05, 0) is 39.2 Å². The van der Waals surface area contributed by atoms with E-state index in [1.54, 1.807) is 11.3 Å². The van der Waals surface area contributed by atoms with Gasteiger partial charge in [-0.15, -0.1) is 11.3 Å². The Balaban J connectivity index is 1.81. The molecule has 6 heteroatoms. The summed E-state index contributed by atoms with van der Waals surface area (Å²) < 4.78 is 18.1. The molecule has 2 atom stereocenters. The number of carbonyl (C=O) groups is 2. The van der Waals surface area contributed by atoms with Gasteiger partial charge in [0, 0.05) is 28.5 Å². The standard InChI is InChI=1S/C26H34O5S/c1-5-6-7-12-20(27)25-19(18-11-8-9-14-23(18)32-25)16-17-22-21(30-26(2,3)31-22)13-10-15-24(28)29-4/h8-9,11,14,16-17,21-22H,5-7,10,12-13,15H2,1-4H3/b17-16+/t21-,22+/m0/s1. The van der Waals surface area contributed by atoms with Crippen LogP contribution in [0.5, 0.6) is 0 Å². The normalized spacial score (nSPS) is 20.2. The van der Waals surface area contributed by atoms with Crippen LogP contribution in [-0.2, 0) is 19.0 Å². The molecule has 1 aliphatic heterocycles. The van der Waals surface area contributed by atoms with Crippen molar-refractivity contribution in [3.8, 4) is 0 Å². The van der Waals surface area contributed by atoms with Crippen LogP contribution in [0, 0.1) is 0 Å². The number of unbranched alkanes of at least 4 members (excludes halogenated alkanes) is 2. The van der Waals surface area contributed by atoms with Crippen molar-refractivity contribution >= 4 is 39.3 Å². The lowest BCUT2D eigenvalue weighted by Crippen LogP contribution is -2.21. The van der Waals surface area contributed by atoms with E-state index >= 15 is 0 Å². The molecular formula is C26H34O5S. The highest BCUT2D eigenvalue weighted by Crippen LogP contribution is 2.36. The fourth-order valence-electron chi connectivity index (χ4n) is 4.08. The van der Waals surface area contributed by atoms with E-state index in [4.69, 9.17) is 14.2 Å². The van der Waals surface area contributed by atoms with Crippen molar-refractivity contribution in [2.45, 2.75) is 83.7 Å². The number of fused-ring (bicyclic) bond motifs is 1. The lowest BCUT2D eigenvalue weighted by molar-refractivity contribution is -0.144. The summed E-state index contributed by atoms with van der Waals surface area (Å²) in [6.45, 7) is 5.94. The number of methoxy groups -OCH3 is 1.